The summed E-state index contributed by atoms with van der Waals surface area (Å²) in [6.07, 6.45) is 1.71. The third-order valence-electron chi connectivity index (χ3n) is 3.71. The van der Waals surface area contributed by atoms with Gasteiger partial charge in [0.2, 0.25) is 0 Å². The van der Waals surface area contributed by atoms with E-state index in [1.165, 1.54) is 0 Å². The molecular formula is C16H26O2Si. The van der Waals surface area contributed by atoms with Gasteiger partial charge in [0.25, 0.3) is 0 Å². The number of hydrogen-bond acceptors (Lipinski definition) is 2. The highest BCUT2D eigenvalue weighted by molar-refractivity contribution is 6.74. The third-order valence-corrected chi connectivity index (χ3v) is 8.21. The molecule has 0 radical (unpaired) electrons. The zero-order chi connectivity index (χ0) is 14.5. The average molecular weight is 278 g/mol. The van der Waals surface area contributed by atoms with E-state index in [4.69, 9.17) is 9.16 Å². The second-order valence-electron chi connectivity index (χ2n) is 6.28. The Hall–Kier alpha value is -1.06. The molecule has 1 aromatic rings. The fraction of sp³-hybridized carbons (Fsp3) is 0.500. The van der Waals surface area contributed by atoms with Crippen molar-refractivity contribution in [3.05, 3.63) is 43.0 Å². The molecule has 0 bridgehead atoms. The number of hydrogen-bond donors (Lipinski definition) is 0. The summed E-state index contributed by atoms with van der Waals surface area (Å²) in [5.74, 6) is 0.853. The summed E-state index contributed by atoms with van der Waals surface area (Å²) in [7, 11) is -1.73. The highest BCUT2D eigenvalue weighted by Gasteiger charge is 2.37. The monoisotopic (exact) mass is 278 g/mol. The van der Waals surface area contributed by atoms with E-state index in [9.17, 15) is 0 Å². The fourth-order valence-electron chi connectivity index (χ4n) is 1.33. The average Bonchev–Trinajstić information content (AvgIpc) is 2.34. The molecule has 0 N–H and O–H groups in total. The van der Waals surface area contributed by atoms with Crippen LogP contribution in [-0.4, -0.2) is 21.0 Å². The zero-order valence-corrected chi connectivity index (χ0v) is 13.8. The van der Waals surface area contributed by atoms with Gasteiger partial charge in [-0.25, -0.2) is 0 Å². The summed E-state index contributed by atoms with van der Waals surface area (Å²) in [6.45, 7) is 15.6. The van der Waals surface area contributed by atoms with E-state index in [0.29, 0.717) is 6.61 Å². The van der Waals surface area contributed by atoms with Crippen molar-refractivity contribution in [3.8, 4) is 5.75 Å². The molecule has 0 spiro atoms. The largest absolute Gasteiger partial charge is 0.484 e. The first-order valence-electron chi connectivity index (χ1n) is 6.74. The van der Waals surface area contributed by atoms with E-state index in [0.717, 1.165) is 5.75 Å². The Balaban J connectivity index is 2.57. The summed E-state index contributed by atoms with van der Waals surface area (Å²) in [5, 5.41) is 0.214. The molecule has 1 unspecified atom stereocenters. The molecule has 0 aliphatic heterocycles. The van der Waals surface area contributed by atoms with Crippen molar-refractivity contribution < 1.29 is 9.16 Å². The van der Waals surface area contributed by atoms with E-state index >= 15 is 0 Å². The SMILES string of the molecule is C=CC(CO[Si](C)(C)C(C)(C)C)Oc1ccccc1. The number of para-hydroxylation sites is 1. The Labute approximate surface area is 118 Å². The maximum atomic E-state index is 6.16. The van der Waals surface area contributed by atoms with Gasteiger partial charge in [0, 0.05) is 0 Å². The van der Waals surface area contributed by atoms with Crippen molar-refractivity contribution in [1.82, 2.24) is 0 Å². The molecule has 2 nitrogen and oxygen atoms in total. The highest BCUT2D eigenvalue weighted by atomic mass is 28.4. The van der Waals surface area contributed by atoms with Gasteiger partial charge in [-0.2, -0.15) is 0 Å². The van der Waals surface area contributed by atoms with E-state index in [2.05, 4.69) is 40.4 Å². The molecule has 1 atom stereocenters. The van der Waals surface area contributed by atoms with Crippen LogP contribution in [0.5, 0.6) is 5.75 Å². The molecule has 1 aromatic carbocycles. The Kier molecular flexibility index (Phi) is 5.38. The Morgan fingerprint density at radius 3 is 2.26 bits per heavy atom. The lowest BCUT2D eigenvalue weighted by Gasteiger charge is -2.37. The summed E-state index contributed by atoms with van der Waals surface area (Å²) < 4.78 is 12.0. The van der Waals surface area contributed by atoms with Gasteiger partial charge in [0.15, 0.2) is 8.32 Å². The minimum atomic E-state index is -1.73. The maximum absolute atomic E-state index is 6.16. The smallest absolute Gasteiger partial charge is 0.192 e. The van der Waals surface area contributed by atoms with Gasteiger partial charge >= 0.3 is 0 Å². The van der Waals surface area contributed by atoms with E-state index in [-0.39, 0.29) is 11.1 Å². The predicted octanol–water partition coefficient (Wildman–Crippen LogP) is 4.64. The molecular weight excluding hydrogens is 252 g/mol. The predicted molar refractivity (Wildman–Crippen MR) is 84.2 cm³/mol. The molecule has 0 saturated heterocycles. The van der Waals surface area contributed by atoms with Crippen molar-refractivity contribution >= 4 is 8.32 Å². The number of rotatable bonds is 6. The lowest BCUT2D eigenvalue weighted by Crippen LogP contribution is -2.43. The third kappa shape index (κ3) is 4.84. The molecule has 19 heavy (non-hydrogen) atoms. The van der Waals surface area contributed by atoms with E-state index in [1.807, 2.05) is 30.3 Å². The molecule has 0 amide bonds. The van der Waals surface area contributed by atoms with E-state index in [1.54, 1.807) is 6.08 Å². The highest BCUT2D eigenvalue weighted by Crippen LogP contribution is 2.36. The normalized spacial score (nSPS) is 13.9. The topological polar surface area (TPSA) is 18.5 Å². The molecule has 106 valence electrons. The van der Waals surface area contributed by atoms with Crippen molar-refractivity contribution in [2.24, 2.45) is 0 Å². The van der Waals surface area contributed by atoms with Gasteiger partial charge in [-0.3, -0.25) is 0 Å². The minimum Gasteiger partial charge on any atom is -0.484 e. The summed E-state index contributed by atoms with van der Waals surface area (Å²) in [6, 6.07) is 9.79. The van der Waals surface area contributed by atoms with Crippen LogP contribution in [0.25, 0.3) is 0 Å². The van der Waals surface area contributed by atoms with Crippen LogP contribution in [0.1, 0.15) is 20.8 Å². The van der Waals surface area contributed by atoms with Gasteiger partial charge in [-0.05, 0) is 36.3 Å². The molecule has 0 heterocycles. The van der Waals surface area contributed by atoms with Crippen LogP contribution >= 0.6 is 0 Å². The standard InChI is InChI=1S/C16H26O2Si/c1-7-14(18-15-11-9-8-10-12-15)13-17-19(5,6)16(2,3)4/h7-12,14H,1,13H2,2-6H3. The van der Waals surface area contributed by atoms with Crippen molar-refractivity contribution in [3.63, 3.8) is 0 Å². The molecule has 0 fully saturated rings. The van der Waals surface area contributed by atoms with E-state index < -0.39 is 8.32 Å². The Bertz CT molecular complexity index is 393. The molecule has 0 aliphatic rings. The quantitative estimate of drug-likeness (QED) is 0.557. The first-order chi connectivity index (χ1) is 8.76. The van der Waals surface area contributed by atoms with Crippen LogP contribution in [0.15, 0.2) is 43.0 Å². The summed E-state index contributed by atoms with van der Waals surface area (Å²) >= 11 is 0. The second kappa shape index (κ2) is 6.39. The maximum Gasteiger partial charge on any atom is 0.192 e. The first-order valence-corrected chi connectivity index (χ1v) is 9.65. The van der Waals surface area contributed by atoms with Crippen molar-refractivity contribution in [2.45, 2.75) is 45.0 Å². The van der Waals surface area contributed by atoms with Crippen molar-refractivity contribution in [1.29, 1.82) is 0 Å². The first kappa shape index (κ1) is 16.0. The Morgan fingerprint density at radius 1 is 1.21 bits per heavy atom. The van der Waals surface area contributed by atoms with Crippen LogP contribution in [0.3, 0.4) is 0 Å². The zero-order valence-electron chi connectivity index (χ0n) is 12.8. The molecule has 0 aliphatic carbocycles. The van der Waals surface area contributed by atoms with Gasteiger partial charge < -0.3 is 9.16 Å². The van der Waals surface area contributed by atoms with Crippen LogP contribution in [0, 0.1) is 0 Å². The van der Waals surface area contributed by atoms with Gasteiger partial charge in [0.1, 0.15) is 11.9 Å². The lowest BCUT2D eigenvalue weighted by atomic mass is 10.2. The molecule has 1 rings (SSSR count). The lowest BCUT2D eigenvalue weighted by molar-refractivity contribution is 0.154. The van der Waals surface area contributed by atoms with Gasteiger partial charge in [-0.1, -0.05) is 45.5 Å². The molecule has 3 heteroatoms. The summed E-state index contributed by atoms with van der Waals surface area (Å²) in [4.78, 5) is 0. The molecule has 0 saturated carbocycles. The second-order valence-corrected chi connectivity index (χ2v) is 11.1. The van der Waals surface area contributed by atoms with Crippen LogP contribution in [0.2, 0.25) is 18.1 Å². The van der Waals surface area contributed by atoms with Crippen LogP contribution < -0.4 is 4.74 Å². The van der Waals surface area contributed by atoms with Gasteiger partial charge in [-0.15, -0.1) is 0 Å². The van der Waals surface area contributed by atoms with Crippen molar-refractivity contribution in [2.75, 3.05) is 6.61 Å². The van der Waals surface area contributed by atoms with Crippen LogP contribution in [0.4, 0.5) is 0 Å². The van der Waals surface area contributed by atoms with Gasteiger partial charge in [0.05, 0.1) is 6.61 Å². The molecule has 0 aromatic heterocycles. The Morgan fingerprint density at radius 2 is 1.79 bits per heavy atom. The minimum absolute atomic E-state index is 0.100. The summed E-state index contributed by atoms with van der Waals surface area (Å²) in [5.41, 5.74) is 0. The number of ether oxygens (including phenoxy) is 1. The van der Waals surface area contributed by atoms with Crippen LogP contribution in [-0.2, 0) is 4.43 Å². The number of benzene rings is 1. The fourth-order valence-corrected chi connectivity index (χ4v) is 2.34.